The number of halogens is 1. The number of aliphatic hydroxyl groups is 1. The number of anilines is 2. The molecule has 0 bridgehead atoms. The van der Waals surface area contributed by atoms with Gasteiger partial charge in [-0.05, 0) is 37.0 Å². The number of nitrogens with two attached hydrogens (primary N) is 1. The molecule has 92 valence electrons. The number of benzene rings is 1. The van der Waals surface area contributed by atoms with Gasteiger partial charge in [0.15, 0.2) is 0 Å². The highest BCUT2D eigenvalue weighted by atomic mass is 19.1. The van der Waals surface area contributed by atoms with Gasteiger partial charge < -0.3 is 15.7 Å². The lowest BCUT2D eigenvalue weighted by molar-refractivity contribution is 0.133. The first-order chi connectivity index (χ1) is 8.13. The maximum Gasteiger partial charge on any atom is 0.127 e. The van der Waals surface area contributed by atoms with Crippen LogP contribution in [0.5, 0.6) is 0 Å². The molecule has 1 heterocycles. The van der Waals surface area contributed by atoms with Crippen molar-refractivity contribution in [1.82, 2.24) is 0 Å². The van der Waals surface area contributed by atoms with Gasteiger partial charge in [-0.1, -0.05) is 0 Å². The second-order valence-electron chi connectivity index (χ2n) is 5.22. The van der Waals surface area contributed by atoms with Crippen LogP contribution in [0.25, 0.3) is 0 Å². The molecule has 1 saturated carbocycles. The van der Waals surface area contributed by atoms with Crippen molar-refractivity contribution >= 4 is 11.4 Å². The van der Waals surface area contributed by atoms with E-state index in [1.54, 1.807) is 6.07 Å². The van der Waals surface area contributed by atoms with E-state index in [0.717, 1.165) is 31.6 Å². The first-order valence-electron chi connectivity index (χ1n) is 6.12. The monoisotopic (exact) mass is 236 g/mol. The highest BCUT2D eigenvalue weighted by molar-refractivity contribution is 5.57. The summed E-state index contributed by atoms with van der Waals surface area (Å²) in [4.78, 5) is 2.14. The van der Waals surface area contributed by atoms with Crippen molar-refractivity contribution in [2.45, 2.75) is 18.9 Å². The largest absolute Gasteiger partial charge is 0.399 e. The molecular weight excluding hydrogens is 219 g/mol. The molecule has 17 heavy (non-hydrogen) atoms. The Labute approximate surface area is 100 Å². The Morgan fingerprint density at radius 3 is 2.76 bits per heavy atom. The van der Waals surface area contributed by atoms with E-state index in [9.17, 15) is 9.50 Å². The second-order valence-corrected chi connectivity index (χ2v) is 5.22. The molecule has 3 rings (SSSR count). The molecule has 3 unspecified atom stereocenters. The number of aliphatic hydroxyl groups excluding tert-OH is 1. The predicted octanol–water partition coefficient (Wildman–Crippen LogP) is 1.61. The molecule has 1 aromatic carbocycles. The van der Waals surface area contributed by atoms with Crippen molar-refractivity contribution in [2.75, 3.05) is 23.7 Å². The van der Waals surface area contributed by atoms with Gasteiger partial charge in [-0.2, -0.15) is 0 Å². The lowest BCUT2D eigenvalue weighted by Gasteiger charge is -2.21. The summed E-state index contributed by atoms with van der Waals surface area (Å²) in [5.41, 5.74) is 6.95. The molecule has 3 atom stereocenters. The lowest BCUT2D eigenvalue weighted by Crippen LogP contribution is -2.24. The summed E-state index contributed by atoms with van der Waals surface area (Å²) in [5.74, 6) is 0.603. The smallest absolute Gasteiger partial charge is 0.127 e. The van der Waals surface area contributed by atoms with Crippen molar-refractivity contribution in [2.24, 2.45) is 11.8 Å². The summed E-state index contributed by atoms with van der Waals surface area (Å²) in [6.45, 7) is 1.72. The summed E-state index contributed by atoms with van der Waals surface area (Å²) >= 11 is 0. The van der Waals surface area contributed by atoms with Gasteiger partial charge >= 0.3 is 0 Å². The molecule has 1 aliphatic heterocycles. The maximum absolute atomic E-state index is 13.3. The minimum Gasteiger partial charge on any atom is -0.399 e. The molecule has 3 N–H and O–H groups in total. The first-order valence-corrected chi connectivity index (χ1v) is 6.12. The van der Waals surface area contributed by atoms with Crippen LogP contribution in [0.15, 0.2) is 18.2 Å². The average molecular weight is 236 g/mol. The van der Waals surface area contributed by atoms with Gasteiger partial charge in [0.25, 0.3) is 0 Å². The minimum atomic E-state index is -0.294. The standard InChI is InChI=1S/C13H17FN2O/c14-9-3-10(15)5-11(4-9)16-6-8-1-2-13(17)12(8)7-16/h3-5,8,12-13,17H,1-2,6-7,15H2. The van der Waals surface area contributed by atoms with Gasteiger partial charge in [0, 0.05) is 30.4 Å². The van der Waals surface area contributed by atoms with Crippen LogP contribution in [0.3, 0.4) is 0 Å². The van der Waals surface area contributed by atoms with Crippen molar-refractivity contribution in [3.63, 3.8) is 0 Å². The maximum atomic E-state index is 13.3. The second kappa shape index (κ2) is 3.88. The van der Waals surface area contributed by atoms with Gasteiger partial charge in [-0.15, -0.1) is 0 Å². The fourth-order valence-corrected chi connectivity index (χ4v) is 3.23. The number of rotatable bonds is 1. The van der Waals surface area contributed by atoms with E-state index in [4.69, 9.17) is 5.73 Å². The van der Waals surface area contributed by atoms with Crippen molar-refractivity contribution in [1.29, 1.82) is 0 Å². The summed E-state index contributed by atoms with van der Waals surface area (Å²) in [7, 11) is 0. The SMILES string of the molecule is Nc1cc(F)cc(N2CC3CCC(O)C3C2)c1. The molecular formula is C13H17FN2O. The van der Waals surface area contributed by atoms with Crippen LogP contribution in [0.1, 0.15) is 12.8 Å². The topological polar surface area (TPSA) is 49.5 Å². The highest BCUT2D eigenvalue weighted by Gasteiger charge is 2.41. The van der Waals surface area contributed by atoms with E-state index in [1.807, 2.05) is 0 Å². The minimum absolute atomic E-state index is 0.184. The number of hydrogen-bond acceptors (Lipinski definition) is 3. The Balaban J connectivity index is 1.82. The van der Waals surface area contributed by atoms with E-state index in [0.29, 0.717) is 17.5 Å². The van der Waals surface area contributed by atoms with Crippen molar-refractivity contribution < 1.29 is 9.50 Å². The van der Waals surface area contributed by atoms with Crippen LogP contribution in [0, 0.1) is 17.7 Å². The van der Waals surface area contributed by atoms with Gasteiger partial charge in [0.2, 0.25) is 0 Å². The fraction of sp³-hybridized carbons (Fsp3) is 0.538. The van der Waals surface area contributed by atoms with E-state index in [2.05, 4.69) is 4.90 Å². The van der Waals surface area contributed by atoms with Crippen LogP contribution >= 0.6 is 0 Å². The Morgan fingerprint density at radius 2 is 2.06 bits per heavy atom. The molecule has 0 spiro atoms. The molecule has 0 amide bonds. The molecule has 0 radical (unpaired) electrons. The van der Waals surface area contributed by atoms with Crippen LogP contribution in [0.2, 0.25) is 0 Å². The molecule has 1 saturated heterocycles. The zero-order valence-corrected chi connectivity index (χ0v) is 9.64. The van der Waals surface area contributed by atoms with Gasteiger partial charge in [0.05, 0.1) is 6.10 Å². The van der Waals surface area contributed by atoms with E-state index >= 15 is 0 Å². The normalized spacial score (nSPS) is 31.9. The average Bonchev–Trinajstić information content (AvgIpc) is 2.80. The van der Waals surface area contributed by atoms with E-state index < -0.39 is 0 Å². The molecule has 4 heteroatoms. The van der Waals surface area contributed by atoms with Crippen LogP contribution < -0.4 is 10.6 Å². The molecule has 2 fully saturated rings. The Hall–Kier alpha value is -1.29. The van der Waals surface area contributed by atoms with Crippen LogP contribution in [0.4, 0.5) is 15.8 Å². The van der Waals surface area contributed by atoms with Gasteiger partial charge in [-0.25, -0.2) is 4.39 Å². The lowest BCUT2D eigenvalue weighted by atomic mass is 10.00. The molecule has 3 nitrogen and oxygen atoms in total. The number of nitrogen functional groups attached to an aromatic ring is 1. The fourth-order valence-electron chi connectivity index (χ4n) is 3.23. The summed E-state index contributed by atoms with van der Waals surface area (Å²) in [6.07, 6.45) is 1.80. The Bertz CT molecular complexity index is 417. The molecule has 1 aromatic rings. The third-order valence-electron chi connectivity index (χ3n) is 4.09. The summed E-state index contributed by atoms with van der Waals surface area (Å²) in [6, 6.07) is 4.65. The molecule has 2 aliphatic rings. The Kier molecular flexibility index (Phi) is 2.47. The van der Waals surface area contributed by atoms with E-state index in [1.165, 1.54) is 12.1 Å². The highest BCUT2D eigenvalue weighted by Crippen LogP contribution is 2.40. The number of fused-ring (bicyclic) bond motifs is 1. The van der Waals surface area contributed by atoms with Crippen LogP contribution in [-0.4, -0.2) is 24.3 Å². The third-order valence-corrected chi connectivity index (χ3v) is 4.09. The predicted molar refractivity (Wildman–Crippen MR) is 65.2 cm³/mol. The quantitative estimate of drug-likeness (QED) is 0.728. The third kappa shape index (κ3) is 1.86. The number of hydrogen-bond donors (Lipinski definition) is 2. The Morgan fingerprint density at radius 1 is 1.24 bits per heavy atom. The van der Waals surface area contributed by atoms with Crippen molar-refractivity contribution in [3.05, 3.63) is 24.0 Å². The zero-order chi connectivity index (χ0) is 12.0. The van der Waals surface area contributed by atoms with E-state index in [-0.39, 0.29) is 11.9 Å². The molecule has 0 aromatic heterocycles. The zero-order valence-electron chi connectivity index (χ0n) is 9.64. The van der Waals surface area contributed by atoms with Crippen LogP contribution in [-0.2, 0) is 0 Å². The van der Waals surface area contributed by atoms with Gasteiger partial charge in [-0.3, -0.25) is 0 Å². The summed E-state index contributed by atoms with van der Waals surface area (Å²) in [5, 5.41) is 9.85. The number of nitrogens with zero attached hydrogens (tertiary/aromatic N) is 1. The molecule has 1 aliphatic carbocycles. The van der Waals surface area contributed by atoms with Gasteiger partial charge in [0.1, 0.15) is 5.82 Å². The first kappa shape index (κ1) is 10.8. The summed E-state index contributed by atoms with van der Waals surface area (Å²) < 4.78 is 13.3. The van der Waals surface area contributed by atoms with Crippen molar-refractivity contribution in [3.8, 4) is 0 Å².